The van der Waals surface area contributed by atoms with Crippen LogP contribution in [-0.2, 0) is 28.8 Å². The standard InChI is InChI=1S/C24H18F6N4O3S/c1-37-20(35)14-6-18(38-10-14)19-16(23(25,26)27)7-31-22(33-19)32-17-5-13-9-34(21(36)24(28,29)30)8-12(13)4-15(17)11-2-3-11/h4-7,10-11H,2-3,8-9H2,1H3,(H,31,32,33). The lowest BCUT2D eigenvalue weighted by molar-refractivity contribution is -0.186. The summed E-state index contributed by atoms with van der Waals surface area (Å²) in [5, 5.41) is 4.28. The number of nitrogens with zero attached hydrogens (tertiary/aromatic N) is 3. The molecule has 1 fully saturated rings. The smallest absolute Gasteiger partial charge is 0.465 e. The molecular formula is C24H18F6N4O3S. The Balaban J connectivity index is 1.50. The minimum atomic E-state index is -5.00. The van der Waals surface area contributed by atoms with Crippen LogP contribution in [0, 0.1) is 0 Å². The van der Waals surface area contributed by atoms with Crippen molar-refractivity contribution >= 4 is 34.8 Å². The second-order valence-electron chi connectivity index (χ2n) is 8.91. The van der Waals surface area contributed by atoms with Crippen molar-refractivity contribution in [2.24, 2.45) is 0 Å². The van der Waals surface area contributed by atoms with Gasteiger partial charge < -0.3 is 15.0 Å². The minimum Gasteiger partial charge on any atom is -0.465 e. The number of rotatable bonds is 5. The molecule has 3 aromatic rings. The van der Waals surface area contributed by atoms with Gasteiger partial charge in [-0.15, -0.1) is 11.3 Å². The van der Waals surface area contributed by atoms with Gasteiger partial charge in [0, 0.05) is 30.4 Å². The number of amides is 1. The highest BCUT2D eigenvalue weighted by Crippen LogP contribution is 2.46. The van der Waals surface area contributed by atoms with Crippen LogP contribution in [0.1, 0.15) is 51.4 Å². The first kappa shape index (κ1) is 25.9. The molecule has 1 saturated carbocycles. The van der Waals surface area contributed by atoms with Gasteiger partial charge in [0.1, 0.15) is 5.56 Å². The third-order valence-corrected chi connectivity index (χ3v) is 7.17. The fourth-order valence-corrected chi connectivity index (χ4v) is 5.16. The van der Waals surface area contributed by atoms with E-state index in [1.165, 1.54) is 11.4 Å². The molecule has 1 N–H and O–H groups in total. The zero-order chi connectivity index (χ0) is 27.4. The Kier molecular flexibility index (Phi) is 6.32. The van der Waals surface area contributed by atoms with E-state index in [0.717, 1.165) is 36.9 Å². The van der Waals surface area contributed by atoms with Crippen LogP contribution < -0.4 is 5.32 Å². The highest BCUT2D eigenvalue weighted by Gasteiger charge is 2.44. The Morgan fingerprint density at radius 2 is 1.76 bits per heavy atom. The molecule has 1 amide bonds. The number of nitrogens with one attached hydrogen (secondary N) is 1. The summed E-state index contributed by atoms with van der Waals surface area (Å²) in [6, 6.07) is 4.56. The van der Waals surface area contributed by atoms with Gasteiger partial charge in [0.2, 0.25) is 5.95 Å². The summed E-state index contributed by atoms with van der Waals surface area (Å²) >= 11 is 0.883. The molecule has 1 aliphatic carbocycles. The molecule has 0 radical (unpaired) electrons. The van der Waals surface area contributed by atoms with E-state index in [4.69, 9.17) is 0 Å². The Morgan fingerprint density at radius 3 is 2.37 bits per heavy atom. The molecule has 200 valence electrons. The van der Waals surface area contributed by atoms with Gasteiger partial charge in [0.05, 0.1) is 23.2 Å². The maximum atomic E-state index is 13.7. The fourth-order valence-electron chi connectivity index (χ4n) is 4.28. The first-order valence-corrected chi connectivity index (χ1v) is 12.1. The third-order valence-electron chi connectivity index (χ3n) is 6.24. The first-order valence-electron chi connectivity index (χ1n) is 11.3. The first-order chi connectivity index (χ1) is 17.8. The van der Waals surface area contributed by atoms with E-state index in [-0.39, 0.29) is 35.4 Å². The van der Waals surface area contributed by atoms with Crippen LogP contribution in [0.25, 0.3) is 10.6 Å². The number of esters is 1. The number of benzene rings is 1. The molecule has 0 atom stereocenters. The van der Waals surface area contributed by atoms with Gasteiger partial charge in [-0.1, -0.05) is 6.07 Å². The van der Waals surface area contributed by atoms with E-state index >= 15 is 0 Å². The second-order valence-corrected chi connectivity index (χ2v) is 9.82. The maximum Gasteiger partial charge on any atom is 0.471 e. The van der Waals surface area contributed by atoms with Crippen molar-refractivity contribution < 1.29 is 40.7 Å². The molecule has 14 heteroatoms. The summed E-state index contributed by atoms with van der Waals surface area (Å²) in [5.74, 6) is -2.69. The largest absolute Gasteiger partial charge is 0.471 e. The van der Waals surface area contributed by atoms with Gasteiger partial charge in [-0.05, 0) is 47.6 Å². The molecule has 2 aromatic heterocycles. The number of hydrogen-bond acceptors (Lipinski definition) is 7. The molecule has 2 aliphatic rings. The van der Waals surface area contributed by atoms with Crippen molar-refractivity contribution in [3.63, 3.8) is 0 Å². The van der Waals surface area contributed by atoms with Crippen molar-refractivity contribution in [3.8, 4) is 10.6 Å². The zero-order valence-electron chi connectivity index (χ0n) is 19.5. The fraction of sp³-hybridized carbons (Fsp3) is 0.333. The van der Waals surface area contributed by atoms with Crippen LogP contribution in [0.3, 0.4) is 0 Å². The van der Waals surface area contributed by atoms with Crippen LogP contribution >= 0.6 is 11.3 Å². The average molecular weight is 556 g/mol. The molecule has 1 aromatic carbocycles. The predicted octanol–water partition coefficient (Wildman–Crippen LogP) is 6.04. The molecule has 7 nitrogen and oxygen atoms in total. The Bertz CT molecular complexity index is 1430. The van der Waals surface area contributed by atoms with Crippen LogP contribution in [-0.4, -0.2) is 40.0 Å². The number of hydrogen-bond donors (Lipinski definition) is 1. The van der Waals surface area contributed by atoms with Gasteiger partial charge in [0.25, 0.3) is 0 Å². The molecule has 38 heavy (non-hydrogen) atoms. The molecule has 5 rings (SSSR count). The minimum absolute atomic E-state index is 0.0702. The van der Waals surface area contributed by atoms with Gasteiger partial charge in [-0.25, -0.2) is 14.8 Å². The summed E-state index contributed by atoms with van der Waals surface area (Å²) < 4.78 is 84.7. The third kappa shape index (κ3) is 5.04. The van der Waals surface area contributed by atoms with Gasteiger partial charge in [-0.2, -0.15) is 26.3 Å². The molecule has 0 spiro atoms. The molecular weight excluding hydrogens is 538 g/mol. The lowest BCUT2D eigenvalue weighted by Crippen LogP contribution is -2.37. The Labute approximate surface area is 215 Å². The number of carbonyl (C=O) groups excluding carboxylic acids is 2. The lowest BCUT2D eigenvalue weighted by atomic mass is 10.0. The zero-order valence-corrected chi connectivity index (χ0v) is 20.4. The maximum absolute atomic E-state index is 13.7. The number of carbonyl (C=O) groups is 2. The number of ether oxygens (including phenoxy) is 1. The highest BCUT2D eigenvalue weighted by molar-refractivity contribution is 7.13. The van der Waals surface area contributed by atoms with Crippen molar-refractivity contribution in [2.45, 2.75) is 44.2 Å². The van der Waals surface area contributed by atoms with E-state index in [1.54, 1.807) is 12.1 Å². The number of thiophene rings is 1. The van der Waals surface area contributed by atoms with Crippen molar-refractivity contribution in [3.05, 3.63) is 57.6 Å². The molecule has 0 bridgehead atoms. The van der Waals surface area contributed by atoms with E-state index in [0.29, 0.717) is 27.9 Å². The van der Waals surface area contributed by atoms with Crippen LogP contribution in [0.4, 0.5) is 38.0 Å². The summed E-state index contributed by atoms with van der Waals surface area (Å²) in [5.41, 5.74) is 0.811. The van der Waals surface area contributed by atoms with Gasteiger partial charge >= 0.3 is 24.2 Å². The van der Waals surface area contributed by atoms with Crippen LogP contribution in [0.15, 0.2) is 29.8 Å². The average Bonchev–Trinajstić information content (AvgIpc) is 3.42. The molecule has 1 aliphatic heterocycles. The van der Waals surface area contributed by atoms with Crippen molar-refractivity contribution in [2.75, 3.05) is 12.4 Å². The normalized spacial score (nSPS) is 15.4. The molecule has 3 heterocycles. The number of methoxy groups -OCH3 is 1. The quantitative estimate of drug-likeness (QED) is 0.305. The highest BCUT2D eigenvalue weighted by atomic mass is 32.1. The van der Waals surface area contributed by atoms with E-state index in [9.17, 15) is 35.9 Å². The van der Waals surface area contributed by atoms with Crippen molar-refractivity contribution in [1.29, 1.82) is 0 Å². The SMILES string of the molecule is COC(=O)c1csc(-c2nc(Nc3cc4c(cc3C3CC3)CN(C(=O)C(F)(F)F)C4)ncc2C(F)(F)F)c1. The van der Waals surface area contributed by atoms with Gasteiger partial charge in [0.15, 0.2) is 0 Å². The molecule has 0 unspecified atom stereocenters. The van der Waals surface area contributed by atoms with Gasteiger partial charge in [-0.3, -0.25) is 4.79 Å². The number of halogens is 6. The number of alkyl halides is 6. The topological polar surface area (TPSA) is 84.4 Å². The van der Waals surface area contributed by atoms with Crippen LogP contribution in [0.2, 0.25) is 0 Å². The predicted molar refractivity (Wildman–Crippen MR) is 124 cm³/mol. The summed E-state index contributed by atoms with van der Waals surface area (Å²) in [6.45, 7) is -0.437. The molecule has 0 saturated heterocycles. The summed E-state index contributed by atoms with van der Waals surface area (Å²) in [4.78, 5) is 32.2. The summed E-state index contributed by atoms with van der Waals surface area (Å²) in [7, 11) is 1.15. The lowest BCUT2D eigenvalue weighted by Gasteiger charge is -2.16. The second kappa shape index (κ2) is 9.26. The number of anilines is 2. The van der Waals surface area contributed by atoms with Crippen LogP contribution in [0.5, 0.6) is 0 Å². The van der Waals surface area contributed by atoms with E-state index in [2.05, 4.69) is 20.0 Å². The number of aromatic nitrogens is 2. The van der Waals surface area contributed by atoms with Crippen molar-refractivity contribution in [1.82, 2.24) is 14.9 Å². The monoisotopic (exact) mass is 556 g/mol. The van der Waals surface area contributed by atoms with E-state index < -0.39 is 35.5 Å². The Hall–Kier alpha value is -3.68. The van der Waals surface area contributed by atoms with E-state index in [1.807, 2.05) is 0 Å². The Morgan fingerprint density at radius 1 is 1.08 bits per heavy atom. The number of fused-ring (bicyclic) bond motifs is 1. The summed E-state index contributed by atoms with van der Waals surface area (Å²) in [6.07, 6.45) is -7.46.